The molecule has 0 spiro atoms. The Morgan fingerprint density at radius 1 is 1.40 bits per heavy atom. The topological polar surface area (TPSA) is 102 Å². The molecular formula is C20H19ClFN3O5. The van der Waals surface area contributed by atoms with Crippen LogP contribution in [0.4, 0.5) is 4.39 Å². The van der Waals surface area contributed by atoms with Gasteiger partial charge in [-0.15, -0.1) is 0 Å². The van der Waals surface area contributed by atoms with Crippen molar-refractivity contribution in [3.63, 3.8) is 0 Å². The third kappa shape index (κ3) is 2.65. The minimum atomic E-state index is -1.64. The smallest absolute Gasteiger partial charge is 0.276 e. The number of rotatable bonds is 3. The quantitative estimate of drug-likeness (QED) is 0.658. The van der Waals surface area contributed by atoms with Crippen LogP contribution in [0.5, 0.6) is 0 Å². The Morgan fingerprint density at radius 3 is 3.00 bits per heavy atom. The Kier molecular flexibility index (Phi) is 4.49. The second kappa shape index (κ2) is 6.97. The lowest BCUT2D eigenvalue weighted by Gasteiger charge is -2.44. The second-order valence-electron chi connectivity index (χ2n) is 7.63. The second-order valence-corrected chi connectivity index (χ2v) is 8.04. The molecule has 4 aliphatic rings. The van der Waals surface area contributed by atoms with Gasteiger partial charge in [0, 0.05) is 24.4 Å². The molecule has 0 aromatic heterocycles. The van der Waals surface area contributed by atoms with Crippen molar-refractivity contribution in [2.75, 3.05) is 13.2 Å². The molecule has 10 heteroatoms. The number of carbonyl (C=O) groups excluding carboxylic acids is 2. The van der Waals surface area contributed by atoms with E-state index in [1.165, 1.54) is 12.1 Å². The number of carbonyl (C=O) groups is 2. The molecule has 4 aliphatic heterocycles. The highest BCUT2D eigenvalue weighted by molar-refractivity contribution is 6.30. The normalized spacial score (nSPS) is 27.6. The Bertz CT molecular complexity index is 1030. The molecular weight excluding hydrogens is 417 g/mol. The summed E-state index contributed by atoms with van der Waals surface area (Å²) in [6.45, 7) is 0.668. The van der Waals surface area contributed by atoms with Gasteiger partial charge in [-0.1, -0.05) is 23.7 Å². The molecule has 0 aliphatic carbocycles. The zero-order valence-corrected chi connectivity index (χ0v) is 16.5. The number of aliphatic hydroxyl groups excluding tert-OH is 2. The molecule has 8 nitrogen and oxygen atoms in total. The van der Waals surface area contributed by atoms with Crippen molar-refractivity contribution in [1.29, 1.82) is 0 Å². The number of fused-ring (bicyclic) bond motifs is 2. The largest absolute Gasteiger partial charge is 0.507 e. The fraction of sp³-hybridized carbons (Fsp3) is 0.400. The van der Waals surface area contributed by atoms with Crippen molar-refractivity contribution in [3.05, 3.63) is 57.3 Å². The monoisotopic (exact) mass is 435 g/mol. The zero-order chi connectivity index (χ0) is 21.2. The fourth-order valence-electron chi connectivity index (χ4n) is 4.70. The zero-order valence-electron chi connectivity index (χ0n) is 15.8. The van der Waals surface area contributed by atoms with Crippen LogP contribution in [0.3, 0.4) is 0 Å². The van der Waals surface area contributed by atoms with E-state index in [4.69, 9.17) is 16.3 Å². The van der Waals surface area contributed by atoms with Crippen LogP contribution in [-0.4, -0.2) is 63.4 Å². The molecule has 5 rings (SSSR count). The molecule has 4 heterocycles. The SMILES string of the molecule is O=C(NCc1cccc(Cl)c1F)C1=C2CCC3C4OCCN4C(=O)C(=C(O)C1O)N23. The number of nitrogens with one attached hydrogen (secondary N) is 1. The molecule has 1 aromatic rings. The maximum absolute atomic E-state index is 14.1. The van der Waals surface area contributed by atoms with E-state index in [1.807, 2.05) is 0 Å². The molecule has 3 fully saturated rings. The van der Waals surface area contributed by atoms with Crippen molar-refractivity contribution in [1.82, 2.24) is 15.1 Å². The number of aliphatic hydroxyl groups is 2. The molecule has 30 heavy (non-hydrogen) atoms. The number of ether oxygens (including phenoxy) is 1. The summed E-state index contributed by atoms with van der Waals surface area (Å²) in [5, 5.41) is 23.8. The summed E-state index contributed by atoms with van der Waals surface area (Å²) in [5.74, 6) is -2.26. The van der Waals surface area contributed by atoms with Gasteiger partial charge in [-0.3, -0.25) is 9.59 Å². The molecule has 2 amide bonds. The summed E-state index contributed by atoms with van der Waals surface area (Å²) in [6, 6.07) is 4.23. The van der Waals surface area contributed by atoms with Gasteiger partial charge in [0.2, 0.25) is 0 Å². The Labute approximate surface area is 176 Å². The third-order valence-electron chi connectivity index (χ3n) is 6.06. The van der Waals surface area contributed by atoms with Crippen molar-refractivity contribution < 1.29 is 28.9 Å². The average Bonchev–Trinajstić information content (AvgIpc) is 3.37. The first-order valence-corrected chi connectivity index (χ1v) is 10.0. The molecule has 158 valence electrons. The van der Waals surface area contributed by atoms with E-state index in [0.29, 0.717) is 31.7 Å². The first-order chi connectivity index (χ1) is 14.4. The highest BCUT2D eigenvalue weighted by Crippen LogP contribution is 2.46. The van der Waals surface area contributed by atoms with Gasteiger partial charge in [0.05, 0.1) is 23.2 Å². The Balaban J connectivity index is 1.46. The predicted molar refractivity (Wildman–Crippen MR) is 102 cm³/mol. The number of halogens is 2. The van der Waals surface area contributed by atoms with E-state index in [9.17, 15) is 24.2 Å². The van der Waals surface area contributed by atoms with Gasteiger partial charge in [-0.05, 0) is 18.9 Å². The van der Waals surface area contributed by atoms with E-state index in [0.717, 1.165) is 0 Å². The van der Waals surface area contributed by atoms with Gasteiger partial charge in [0.25, 0.3) is 11.8 Å². The number of allylic oxidation sites excluding steroid dienone is 1. The van der Waals surface area contributed by atoms with Crippen LogP contribution in [0.1, 0.15) is 18.4 Å². The van der Waals surface area contributed by atoms with Gasteiger partial charge in [0.15, 0.2) is 12.0 Å². The van der Waals surface area contributed by atoms with Crippen molar-refractivity contribution in [2.45, 2.75) is 37.8 Å². The van der Waals surface area contributed by atoms with Gasteiger partial charge in [0.1, 0.15) is 17.6 Å². The minimum absolute atomic E-state index is 0.000754. The molecule has 3 N–H and O–H groups in total. The summed E-state index contributed by atoms with van der Waals surface area (Å²) < 4.78 is 19.8. The summed E-state index contributed by atoms with van der Waals surface area (Å²) in [6.07, 6.45) is -1.05. The Hall–Kier alpha value is -2.62. The molecule has 0 radical (unpaired) electrons. The van der Waals surface area contributed by atoms with Crippen LogP contribution in [0, 0.1) is 5.82 Å². The van der Waals surface area contributed by atoms with Gasteiger partial charge < -0.3 is 30.1 Å². The first kappa shape index (κ1) is 19.3. The summed E-state index contributed by atoms with van der Waals surface area (Å²) in [7, 11) is 0. The van der Waals surface area contributed by atoms with Crippen LogP contribution in [0.2, 0.25) is 5.02 Å². The standard InChI is InChI=1S/C20H19ClFN3O5/c21-10-3-1-2-9(14(10)22)8-23-18(28)13-11-4-5-12-20-24(6-7-30-20)19(29)15(25(11)12)17(27)16(13)26/h1-3,12,16,20,26-27H,4-8H2,(H,23,28). The van der Waals surface area contributed by atoms with E-state index >= 15 is 0 Å². The number of amides is 2. The molecule has 3 atom stereocenters. The fourth-order valence-corrected chi connectivity index (χ4v) is 4.90. The van der Waals surface area contributed by atoms with Crippen LogP contribution in [0.25, 0.3) is 0 Å². The van der Waals surface area contributed by atoms with Crippen LogP contribution in [0.15, 0.2) is 40.9 Å². The average molecular weight is 436 g/mol. The number of hydrogen-bond donors (Lipinski definition) is 3. The van der Waals surface area contributed by atoms with Gasteiger partial charge in [-0.25, -0.2) is 4.39 Å². The van der Waals surface area contributed by atoms with Crippen LogP contribution < -0.4 is 5.32 Å². The van der Waals surface area contributed by atoms with Gasteiger partial charge >= 0.3 is 0 Å². The minimum Gasteiger partial charge on any atom is -0.507 e. The van der Waals surface area contributed by atoms with Crippen LogP contribution >= 0.6 is 11.6 Å². The lowest BCUT2D eigenvalue weighted by atomic mass is 9.96. The molecule has 3 unspecified atom stereocenters. The van der Waals surface area contributed by atoms with Crippen molar-refractivity contribution in [3.8, 4) is 0 Å². The maximum Gasteiger partial charge on any atom is 0.276 e. The van der Waals surface area contributed by atoms with Crippen molar-refractivity contribution in [2.24, 2.45) is 0 Å². The third-order valence-corrected chi connectivity index (χ3v) is 6.35. The predicted octanol–water partition coefficient (Wildman–Crippen LogP) is 1.16. The molecule has 3 saturated heterocycles. The van der Waals surface area contributed by atoms with E-state index in [2.05, 4.69) is 5.32 Å². The highest BCUT2D eigenvalue weighted by Gasteiger charge is 2.55. The van der Waals surface area contributed by atoms with E-state index in [-0.39, 0.29) is 34.4 Å². The first-order valence-electron chi connectivity index (χ1n) is 9.67. The highest BCUT2D eigenvalue weighted by atomic mass is 35.5. The molecule has 0 saturated carbocycles. The molecule has 0 bridgehead atoms. The molecule has 1 aromatic carbocycles. The Morgan fingerprint density at radius 2 is 2.20 bits per heavy atom. The number of piperazine rings is 1. The number of nitrogens with zero attached hydrogens (tertiary/aromatic N) is 2. The number of benzene rings is 1. The van der Waals surface area contributed by atoms with E-state index < -0.39 is 35.7 Å². The lowest BCUT2D eigenvalue weighted by Crippen LogP contribution is -2.58. The number of hydrogen-bond acceptors (Lipinski definition) is 6. The van der Waals surface area contributed by atoms with Gasteiger partial charge in [-0.2, -0.15) is 0 Å². The summed E-state index contributed by atoms with van der Waals surface area (Å²) in [5.41, 5.74) is 0.632. The van der Waals surface area contributed by atoms with E-state index in [1.54, 1.807) is 15.9 Å². The summed E-state index contributed by atoms with van der Waals surface area (Å²) >= 11 is 5.77. The lowest BCUT2D eigenvalue weighted by molar-refractivity contribution is -0.143. The summed E-state index contributed by atoms with van der Waals surface area (Å²) in [4.78, 5) is 29.0. The maximum atomic E-state index is 14.1. The van der Waals surface area contributed by atoms with Crippen LogP contribution in [-0.2, 0) is 20.9 Å². The van der Waals surface area contributed by atoms with Crippen molar-refractivity contribution >= 4 is 23.4 Å².